The quantitative estimate of drug-likeness (QED) is 0.690. The van der Waals surface area contributed by atoms with Crippen molar-refractivity contribution in [1.82, 2.24) is 0 Å². The van der Waals surface area contributed by atoms with Gasteiger partial charge in [0, 0.05) is 0 Å². The molecule has 0 unspecified atom stereocenters. The van der Waals surface area contributed by atoms with Crippen LogP contribution in [0.5, 0.6) is 5.75 Å². The topological polar surface area (TPSA) is 104 Å². The molecule has 3 N–H and O–H groups in total. The van der Waals surface area contributed by atoms with Gasteiger partial charge in [0.15, 0.2) is 0 Å². The van der Waals surface area contributed by atoms with E-state index in [2.05, 4.69) is 11.1 Å². The Labute approximate surface area is 147 Å². The summed E-state index contributed by atoms with van der Waals surface area (Å²) in [6.07, 6.45) is 2.95. The molecule has 0 saturated heterocycles. The van der Waals surface area contributed by atoms with Gasteiger partial charge in [0.2, 0.25) is 0 Å². The van der Waals surface area contributed by atoms with Gasteiger partial charge in [-0.25, -0.2) is 0 Å². The van der Waals surface area contributed by atoms with Crippen LogP contribution in [0, 0.1) is 17.3 Å². The second-order valence-electron chi connectivity index (χ2n) is 8.08. The maximum absolute atomic E-state index is 10.9. The monoisotopic (exact) mass is 368 g/mol. The number of aliphatic hydroxyl groups is 2. The third-order valence-corrected chi connectivity index (χ3v) is 7.28. The smallest absolute Gasteiger partial charge is 0.390 e. The summed E-state index contributed by atoms with van der Waals surface area (Å²) in [7, 11) is -4.51. The van der Waals surface area contributed by atoms with E-state index in [9.17, 15) is 18.6 Å². The first kappa shape index (κ1) is 17.3. The SMILES string of the molecule is C[C@]12CC[C@@H]3c4ccc(OS(=O)(=O)O)cc4CC[C@H]3[C@@H]1C[C@@H](O)[C@@H]2O. The number of benzene rings is 1. The molecule has 4 rings (SSSR count). The molecular weight excluding hydrogens is 344 g/mol. The van der Waals surface area contributed by atoms with Crippen molar-refractivity contribution in [3.63, 3.8) is 0 Å². The summed E-state index contributed by atoms with van der Waals surface area (Å²) in [5, 5.41) is 20.6. The van der Waals surface area contributed by atoms with Gasteiger partial charge >= 0.3 is 10.4 Å². The molecule has 2 saturated carbocycles. The van der Waals surface area contributed by atoms with Gasteiger partial charge in [0.05, 0.1) is 12.2 Å². The number of fused-ring (bicyclic) bond motifs is 5. The first-order valence-corrected chi connectivity index (χ1v) is 10.2. The zero-order chi connectivity index (χ0) is 18.0. The Bertz CT molecular complexity index is 791. The van der Waals surface area contributed by atoms with Gasteiger partial charge in [-0.3, -0.25) is 4.55 Å². The molecular formula is C18H24O6S. The van der Waals surface area contributed by atoms with Crippen molar-refractivity contribution in [2.45, 2.75) is 57.2 Å². The highest BCUT2D eigenvalue weighted by Crippen LogP contribution is 2.60. The van der Waals surface area contributed by atoms with Crippen LogP contribution in [-0.2, 0) is 16.8 Å². The van der Waals surface area contributed by atoms with Crippen LogP contribution in [0.1, 0.15) is 49.7 Å². The lowest BCUT2D eigenvalue weighted by atomic mass is 9.55. The first-order valence-electron chi connectivity index (χ1n) is 8.85. The normalized spacial score (nSPS) is 40.1. The van der Waals surface area contributed by atoms with Crippen LogP contribution < -0.4 is 4.18 Å². The van der Waals surface area contributed by atoms with Crippen molar-refractivity contribution >= 4 is 10.4 Å². The van der Waals surface area contributed by atoms with Crippen LogP contribution in [0.3, 0.4) is 0 Å². The van der Waals surface area contributed by atoms with Crippen molar-refractivity contribution in [2.24, 2.45) is 17.3 Å². The van der Waals surface area contributed by atoms with Crippen LogP contribution >= 0.6 is 0 Å². The van der Waals surface area contributed by atoms with Gasteiger partial charge in [0.25, 0.3) is 0 Å². The molecule has 2 fully saturated rings. The van der Waals surface area contributed by atoms with Gasteiger partial charge in [-0.15, -0.1) is 0 Å². The fourth-order valence-electron chi connectivity index (χ4n) is 5.72. The van der Waals surface area contributed by atoms with E-state index in [4.69, 9.17) is 4.55 Å². The minimum atomic E-state index is -4.51. The Morgan fingerprint density at radius 2 is 2.00 bits per heavy atom. The number of hydrogen-bond acceptors (Lipinski definition) is 5. The summed E-state index contributed by atoms with van der Waals surface area (Å²) >= 11 is 0. The van der Waals surface area contributed by atoms with Crippen molar-refractivity contribution in [2.75, 3.05) is 0 Å². The third-order valence-electron chi connectivity index (χ3n) is 6.87. The largest absolute Gasteiger partial charge is 0.446 e. The summed E-state index contributed by atoms with van der Waals surface area (Å²) in [4.78, 5) is 0. The molecule has 1 aromatic rings. The Hall–Kier alpha value is -1.15. The second kappa shape index (κ2) is 5.67. The number of aryl methyl sites for hydroxylation is 1. The van der Waals surface area contributed by atoms with Crippen LogP contribution in [-0.4, -0.2) is 35.4 Å². The average Bonchev–Trinajstić information content (AvgIpc) is 2.76. The zero-order valence-electron chi connectivity index (χ0n) is 14.1. The molecule has 0 spiro atoms. The van der Waals surface area contributed by atoms with Crippen molar-refractivity contribution < 1.29 is 27.4 Å². The Kier molecular flexibility index (Phi) is 3.92. The highest BCUT2D eigenvalue weighted by molar-refractivity contribution is 7.81. The van der Waals surface area contributed by atoms with E-state index >= 15 is 0 Å². The number of rotatable bonds is 2. The lowest BCUT2D eigenvalue weighted by Gasteiger charge is -2.49. The molecule has 7 heteroatoms. The van der Waals surface area contributed by atoms with E-state index in [0.717, 1.165) is 31.2 Å². The van der Waals surface area contributed by atoms with Crippen LogP contribution in [0.15, 0.2) is 18.2 Å². The molecule has 0 radical (unpaired) electrons. The predicted molar refractivity (Wildman–Crippen MR) is 90.6 cm³/mol. The molecule has 6 atom stereocenters. The van der Waals surface area contributed by atoms with Gasteiger partial charge in [-0.1, -0.05) is 13.0 Å². The minimum absolute atomic E-state index is 0.132. The van der Waals surface area contributed by atoms with E-state index in [-0.39, 0.29) is 11.2 Å². The van der Waals surface area contributed by atoms with E-state index in [1.165, 1.54) is 5.56 Å². The molecule has 0 bridgehead atoms. The summed E-state index contributed by atoms with van der Waals surface area (Å²) in [5.74, 6) is 1.22. The minimum Gasteiger partial charge on any atom is -0.390 e. The van der Waals surface area contributed by atoms with E-state index in [1.807, 2.05) is 6.07 Å². The zero-order valence-corrected chi connectivity index (χ0v) is 14.9. The fourth-order valence-corrected chi connectivity index (χ4v) is 6.07. The average molecular weight is 368 g/mol. The summed E-state index contributed by atoms with van der Waals surface area (Å²) in [5.41, 5.74) is 2.05. The third kappa shape index (κ3) is 2.77. The standard InChI is InChI=1S/C18H24O6S/c1-18-7-6-13-12-5-3-11(24-25(21,22)23)8-10(12)2-4-14(13)15(18)9-16(19)17(18)20/h3,5,8,13-17,19-20H,2,4,6-7,9H2,1H3,(H,21,22,23)/t13-,14-,15+,16-,17+,18+/m1/s1. The first-order chi connectivity index (χ1) is 11.7. The molecule has 0 heterocycles. The van der Waals surface area contributed by atoms with Crippen molar-refractivity contribution in [3.05, 3.63) is 29.3 Å². The second-order valence-corrected chi connectivity index (χ2v) is 9.10. The number of aliphatic hydroxyl groups excluding tert-OH is 2. The van der Waals surface area contributed by atoms with E-state index < -0.39 is 22.6 Å². The van der Waals surface area contributed by atoms with Gasteiger partial charge < -0.3 is 14.4 Å². The summed E-state index contributed by atoms with van der Waals surface area (Å²) in [6, 6.07) is 5.18. The fraction of sp³-hybridized carbons (Fsp3) is 0.667. The van der Waals surface area contributed by atoms with Gasteiger partial charge in [-0.05, 0) is 78.5 Å². The predicted octanol–water partition coefficient (Wildman–Crippen LogP) is 2.06. The van der Waals surface area contributed by atoms with Crippen LogP contribution in [0.2, 0.25) is 0 Å². The van der Waals surface area contributed by atoms with Gasteiger partial charge in [0.1, 0.15) is 5.75 Å². The van der Waals surface area contributed by atoms with Crippen molar-refractivity contribution in [3.8, 4) is 5.75 Å². The Balaban J connectivity index is 1.64. The Morgan fingerprint density at radius 3 is 2.72 bits per heavy atom. The molecule has 0 aliphatic heterocycles. The van der Waals surface area contributed by atoms with Gasteiger partial charge in [-0.2, -0.15) is 8.42 Å². The van der Waals surface area contributed by atoms with Crippen LogP contribution in [0.4, 0.5) is 0 Å². The number of hydrogen-bond donors (Lipinski definition) is 3. The summed E-state index contributed by atoms with van der Waals surface area (Å²) in [6.45, 7) is 2.10. The van der Waals surface area contributed by atoms with Crippen LogP contribution in [0.25, 0.3) is 0 Å². The molecule has 1 aromatic carbocycles. The molecule has 25 heavy (non-hydrogen) atoms. The van der Waals surface area contributed by atoms with Crippen molar-refractivity contribution in [1.29, 1.82) is 0 Å². The molecule has 3 aliphatic rings. The lowest BCUT2D eigenvalue weighted by Crippen LogP contribution is -2.44. The van der Waals surface area contributed by atoms with E-state index in [1.54, 1.807) is 12.1 Å². The molecule has 3 aliphatic carbocycles. The summed E-state index contributed by atoms with van der Waals surface area (Å²) < 4.78 is 35.2. The molecule has 138 valence electrons. The Morgan fingerprint density at radius 1 is 1.24 bits per heavy atom. The molecule has 0 aromatic heterocycles. The molecule has 0 amide bonds. The lowest BCUT2D eigenvalue weighted by molar-refractivity contribution is -0.0505. The maximum atomic E-state index is 10.9. The maximum Gasteiger partial charge on any atom is 0.446 e. The highest BCUT2D eigenvalue weighted by atomic mass is 32.3. The highest BCUT2D eigenvalue weighted by Gasteiger charge is 2.57. The van der Waals surface area contributed by atoms with E-state index in [0.29, 0.717) is 24.2 Å². The molecule has 6 nitrogen and oxygen atoms in total.